The van der Waals surface area contributed by atoms with Crippen molar-refractivity contribution in [3.63, 3.8) is 0 Å². The van der Waals surface area contributed by atoms with Gasteiger partial charge in [0, 0.05) is 0 Å². The highest BCUT2D eigenvalue weighted by molar-refractivity contribution is 5.87. The Morgan fingerprint density at radius 1 is 1.14 bits per heavy atom. The van der Waals surface area contributed by atoms with Crippen LogP contribution in [0.25, 0.3) is 0 Å². The summed E-state index contributed by atoms with van der Waals surface area (Å²) in [5, 5.41) is 0. The fraction of sp³-hybridized carbons (Fsp3) is 0.143. The second-order valence-electron chi connectivity index (χ2n) is 4.25. The minimum Gasteiger partial charge on any atom is -0.456 e. The Bertz CT molecular complexity index is 622. The van der Waals surface area contributed by atoms with Crippen molar-refractivity contribution < 1.29 is 22.7 Å². The number of halogens is 3. The third-order valence-corrected chi connectivity index (χ3v) is 2.65. The molecule has 2 N–H and O–H groups in total. The molecule has 0 spiro atoms. The molecule has 0 aliphatic heterocycles. The van der Waals surface area contributed by atoms with E-state index < -0.39 is 17.7 Å². The van der Waals surface area contributed by atoms with Gasteiger partial charge in [0.2, 0.25) is 0 Å². The fourth-order valence-electron chi connectivity index (χ4n) is 1.54. The van der Waals surface area contributed by atoms with Crippen LogP contribution in [0.3, 0.4) is 0 Å². The second-order valence-corrected chi connectivity index (χ2v) is 4.25. The van der Waals surface area contributed by atoms with Crippen LogP contribution in [0.4, 0.5) is 18.9 Å². The number of benzene rings is 1. The van der Waals surface area contributed by atoms with E-state index in [1.807, 2.05) is 0 Å². The highest BCUT2D eigenvalue weighted by Crippen LogP contribution is 2.29. The third-order valence-electron chi connectivity index (χ3n) is 2.65. The van der Waals surface area contributed by atoms with E-state index in [0.717, 1.165) is 12.1 Å². The van der Waals surface area contributed by atoms with Crippen molar-refractivity contribution in [1.29, 1.82) is 0 Å². The van der Waals surface area contributed by atoms with Gasteiger partial charge < -0.3 is 10.5 Å². The third kappa shape index (κ3) is 3.95. The first kappa shape index (κ1) is 14.8. The molecule has 21 heavy (non-hydrogen) atoms. The maximum Gasteiger partial charge on any atom is 0.416 e. The number of alkyl halides is 3. The SMILES string of the molecule is Nc1ccc(C(=O)OCc2ccc(C(F)(F)F)cc2)nc1. The number of pyridine rings is 1. The molecule has 0 radical (unpaired) electrons. The van der Waals surface area contributed by atoms with Gasteiger partial charge >= 0.3 is 12.1 Å². The van der Waals surface area contributed by atoms with Gasteiger partial charge in [0.05, 0.1) is 17.4 Å². The van der Waals surface area contributed by atoms with Crippen LogP contribution < -0.4 is 5.73 Å². The first-order valence-corrected chi connectivity index (χ1v) is 5.91. The maximum atomic E-state index is 12.4. The van der Waals surface area contributed by atoms with E-state index in [2.05, 4.69) is 4.98 Å². The summed E-state index contributed by atoms with van der Waals surface area (Å²) in [4.78, 5) is 15.4. The Kier molecular flexibility index (Phi) is 4.11. The van der Waals surface area contributed by atoms with Crippen LogP contribution in [0, 0.1) is 0 Å². The van der Waals surface area contributed by atoms with Crippen molar-refractivity contribution in [1.82, 2.24) is 4.98 Å². The van der Waals surface area contributed by atoms with Crippen LogP contribution >= 0.6 is 0 Å². The predicted octanol–water partition coefficient (Wildman–Crippen LogP) is 3.04. The van der Waals surface area contributed by atoms with Crippen LogP contribution in [0.5, 0.6) is 0 Å². The molecule has 0 amide bonds. The zero-order valence-corrected chi connectivity index (χ0v) is 10.7. The highest BCUT2D eigenvalue weighted by Gasteiger charge is 2.29. The molecular formula is C14H11F3N2O2. The topological polar surface area (TPSA) is 65.2 Å². The quantitative estimate of drug-likeness (QED) is 0.884. The van der Waals surface area contributed by atoms with Crippen molar-refractivity contribution in [2.75, 3.05) is 5.73 Å². The number of hydrogen-bond donors (Lipinski definition) is 1. The molecule has 0 saturated carbocycles. The van der Waals surface area contributed by atoms with Crippen LogP contribution in [0.1, 0.15) is 21.6 Å². The normalized spacial score (nSPS) is 11.2. The lowest BCUT2D eigenvalue weighted by Gasteiger charge is -2.08. The lowest BCUT2D eigenvalue weighted by atomic mass is 10.1. The van der Waals surface area contributed by atoms with E-state index in [1.54, 1.807) is 0 Å². The van der Waals surface area contributed by atoms with Gasteiger partial charge in [-0.1, -0.05) is 12.1 Å². The van der Waals surface area contributed by atoms with Gasteiger partial charge in [0.25, 0.3) is 0 Å². The van der Waals surface area contributed by atoms with Gasteiger partial charge in [-0.3, -0.25) is 0 Å². The molecule has 2 aromatic rings. The number of aromatic nitrogens is 1. The van der Waals surface area contributed by atoms with Crippen LogP contribution in [0.15, 0.2) is 42.6 Å². The largest absolute Gasteiger partial charge is 0.456 e. The molecule has 2 rings (SSSR count). The molecule has 1 heterocycles. The van der Waals surface area contributed by atoms with E-state index >= 15 is 0 Å². The molecule has 110 valence electrons. The van der Waals surface area contributed by atoms with Gasteiger partial charge in [-0.05, 0) is 29.8 Å². The predicted molar refractivity (Wildman–Crippen MR) is 69.2 cm³/mol. The van der Waals surface area contributed by atoms with Crippen molar-refractivity contribution in [2.24, 2.45) is 0 Å². The van der Waals surface area contributed by atoms with Crippen LogP contribution in [-0.2, 0) is 17.5 Å². The Balaban J connectivity index is 1.97. The van der Waals surface area contributed by atoms with Crippen molar-refractivity contribution in [2.45, 2.75) is 12.8 Å². The number of nitrogen functional groups attached to an aromatic ring is 1. The molecule has 0 saturated heterocycles. The Morgan fingerprint density at radius 3 is 2.33 bits per heavy atom. The summed E-state index contributed by atoms with van der Waals surface area (Å²) < 4.78 is 42.1. The number of rotatable bonds is 3. The second kappa shape index (κ2) is 5.82. The Labute approximate surface area is 118 Å². The van der Waals surface area contributed by atoms with E-state index in [4.69, 9.17) is 10.5 Å². The molecule has 0 aliphatic carbocycles. The summed E-state index contributed by atoms with van der Waals surface area (Å²) in [5.41, 5.74) is 5.62. The van der Waals surface area contributed by atoms with E-state index in [1.165, 1.54) is 30.5 Å². The van der Waals surface area contributed by atoms with E-state index in [-0.39, 0.29) is 12.3 Å². The number of esters is 1. The van der Waals surface area contributed by atoms with Gasteiger partial charge in [-0.25, -0.2) is 9.78 Å². The molecule has 0 aliphatic rings. The van der Waals surface area contributed by atoms with Gasteiger partial charge in [-0.2, -0.15) is 13.2 Å². The Hall–Kier alpha value is -2.57. The van der Waals surface area contributed by atoms with Crippen molar-refractivity contribution in [3.05, 3.63) is 59.4 Å². The first-order valence-electron chi connectivity index (χ1n) is 5.91. The first-order chi connectivity index (χ1) is 9.86. The highest BCUT2D eigenvalue weighted by atomic mass is 19.4. The lowest BCUT2D eigenvalue weighted by Crippen LogP contribution is -2.08. The molecular weight excluding hydrogens is 285 g/mol. The average molecular weight is 296 g/mol. The van der Waals surface area contributed by atoms with Crippen LogP contribution in [-0.4, -0.2) is 11.0 Å². The van der Waals surface area contributed by atoms with Crippen molar-refractivity contribution >= 4 is 11.7 Å². The summed E-state index contributed by atoms with van der Waals surface area (Å²) in [6, 6.07) is 7.29. The molecule has 4 nitrogen and oxygen atoms in total. The minimum atomic E-state index is -4.39. The van der Waals surface area contributed by atoms with Gasteiger partial charge in [-0.15, -0.1) is 0 Å². The molecule has 0 bridgehead atoms. The smallest absolute Gasteiger partial charge is 0.416 e. The monoisotopic (exact) mass is 296 g/mol. The molecule has 1 aromatic carbocycles. The van der Waals surface area contributed by atoms with Crippen LogP contribution in [0.2, 0.25) is 0 Å². The lowest BCUT2D eigenvalue weighted by molar-refractivity contribution is -0.137. The zero-order valence-electron chi connectivity index (χ0n) is 10.7. The summed E-state index contributed by atoms with van der Waals surface area (Å²) in [7, 11) is 0. The van der Waals surface area contributed by atoms with E-state index in [9.17, 15) is 18.0 Å². The van der Waals surface area contributed by atoms with Crippen molar-refractivity contribution in [3.8, 4) is 0 Å². The molecule has 1 aromatic heterocycles. The van der Waals surface area contributed by atoms with E-state index in [0.29, 0.717) is 11.3 Å². The number of nitrogens with zero attached hydrogens (tertiary/aromatic N) is 1. The number of carbonyl (C=O) groups is 1. The fourth-order valence-corrected chi connectivity index (χ4v) is 1.54. The Morgan fingerprint density at radius 2 is 1.81 bits per heavy atom. The molecule has 7 heteroatoms. The summed E-state index contributed by atoms with van der Waals surface area (Å²) in [6.07, 6.45) is -3.07. The number of carbonyl (C=O) groups excluding carboxylic acids is 1. The van der Waals surface area contributed by atoms with Gasteiger partial charge in [0.1, 0.15) is 12.3 Å². The number of ether oxygens (including phenoxy) is 1. The van der Waals surface area contributed by atoms with Gasteiger partial charge in [0.15, 0.2) is 0 Å². The number of nitrogens with two attached hydrogens (primary N) is 1. The molecule has 0 fully saturated rings. The zero-order chi connectivity index (χ0) is 15.5. The standard InChI is InChI=1S/C14H11F3N2O2/c15-14(16,17)10-3-1-9(2-4-10)8-21-13(20)12-6-5-11(18)7-19-12/h1-7H,8,18H2. The minimum absolute atomic E-state index is 0.0797. The number of hydrogen-bond acceptors (Lipinski definition) is 4. The average Bonchev–Trinajstić information content (AvgIpc) is 2.45. The summed E-state index contributed by atoms with van der Waals surface area (Å²) in [5.74, 6) is -0.671. The maximum absolute atomic E-state index is 12.4. The summed E-state index contributed by atoms with van der Waals surface area (Å²) >= 11 is 0. The molecule has 0 unspecified atom stereocenters. The molecule has 0 atom stereocenters. The number of anilines is 1. The summed E-state index contributed by atoms with van der Waals surface area (Å²) in [6.45, 7) is -0.136.